The van der Waals surface area contributed by atoms with Crippen LogP contribution in [-0.4, -0.2) is 31.2 Å². The fourth-order valence-corrected chi connectivity index (χ4v) is 3.25. The number of nitrogens with one attached hydrogen (secondary N) is 1. The Morgan fingerprint density at radius 2 is 1.81 bits per heavy atom. The van der Waals surface area contributed by atoms with Crippen LogP contribution in [0.2, 0.25) is 0 Å². The Hall–Kier alpha value is -1.09. The van der Waals surface area contributed by atoms with Crippen molar-refractivity contribution >= 4 is 5.82 Å². The van der Waals surface area contributed by atoms with Gasteiger partial charge in [0, 0.05) is 25.6 Å². The first kappa shape index (κ1) is 16.3. The fourth-order valence-electron chi connectivity index (χ4n) is 3.25. The van der Waals surface area contributed by atoms with E-state index in [1.807, 2.05) is 13.8 Å². The molecular weight excluding hydrogens is 258 g/mol. The molecule has 0 aromatic carbocycles. The number of hydrogen-bond acceptors (Lipinski definition) is 3. The van der Waals surface area contributed by atoms with Crippen molar-refractivity contribution in [1.82, 2.24) is 10.3 Å². The number of nitrogens with zero attached hydrogens (tertiary/aromatic N) is 2. The van der Waals surface area contributed by atoms with E-state index in [-0.39, 0.29) is 0 Å². The highest BCUT2D eigenvalue weighted by atomic mass is 15.2. The van der Waals surface area contributed by atoms with Crippen molar-refractivity contribution in [1.29, 1.82) is 0 Å². The van der Waals surface area contributed by atoms with Gasteiger partial charge in [0.15, 0.2) is 0 Å². The van der Waals surface area contributed by atoms with Gasteiger partial charge in [-0.25, -0.2) is 4.98 Å². The third-order valence-corrected chi connectivity index (χ3v) is 4.42. The first-order valence-electron chi connectivity index (χ1n) is 8.80. The molecule has 3 heterocycles. The zero-order chi connectivity index (χ0) is 15.1. The molecule has 1 unspecified atom stereocenters. The Labute approximate surface area is 130 Å². The predicted octanol–water partition coefficient (Wildman–Crippen LogP) is 3.74. The molecule has 0 saturated carbocycles. The maximum Gasteiger partial charge on any atom is 0.128 e. The Bertz CT molecular complexity index is 422. The minimum Gasteiger partial charge on any atom is -0.357 e. The summed E-state index contributed by atoms with van der Waals surface area (Å²) in [5, 5.41) is 3.50. The molecule has 3 heteroatoms. The summed E-state index contributed by atoms with van der Waals surface area (Å²) in [6, 6.07) is 4.55. The van der Waals surface area contributed by atoms with Crippen LogP contribution >= 0.6 is 0 Å². The zero-order valence-electron chi connectivity index (χ0n) is 14.0. The lowest BCUT2D eigenvalue weighted by Gasteiger charge is -2.23. The number of anilines is 1. The predicted molar refractivity (Wildman–Crippen MR) is 91.3 cm³/mol. The molecule has 118 valence electrons. The minimum absolute atomic E-state index is 0.532. The van der Waals surface area contributed by atoms with E-state index in [1.54, 1.807) is 0 Å². The number of pyridine rings is 1. The molecular formula is C18H31N3. The van der Waals surface area contributed by atoms with Crippen molar-refractivity contribution in [2.75, 3.05) is 31.1 Å². The van der Waals surface area contributed by atoms with E-state index in [0.29, 0.717) is 5.92 Å². The van der Waals surface area contributed by atoms with Gasteiger partial charge >= 0.3 is 0 Å². The lowest BCUT2D eigenvalue weighted by molar-refractivity contribution is 0.635. The molecule has 3 nitrogen and oxygen atoms in total. The lowest BCUT2D eigenvalue weighted by atomic mass is 10.0. The van der Waals surface area contributed by atoms with Crippen molar-refractivity contribution in [2.24, 2.45) is 0 Å². The smallest absolute Gasteiger partial charge is 0.128 e. The van der Waals surface area contributed by atoms with Crippen LogP contribution in [0, 0.1) is 0 Å². The average Bonchev–Trinajstić information content (AvgIpc) is 2.90. The molecule has 0 aliphatic carbocycles. The van der Waals surface area contributed by atoms with Crippen LogP contribution < -0.4 is 10.2 Å². The van der Waals surface area contributed by atoms with Gasteiger partial charge in [0.1, 0.15) is 5.82 Å². The molecule has 1 N–H and O–H groups in total. The van der Waals surface area contributed by atoms with E-state index >= 15 is 0 Å². The molecule has 2 aliphatic heterocycles. The van der Waals surface area contributed by atoms with Gasteiger partial charge in [0.05, 0.1) is 5.69 Å². The van der Waals surface area contributed by atoms with E-state index in [1.165, 1.54) is 55.8 Å². The van der Waals surface area contributed by atoms with Gasteiger partial charge in [0.25, 0.3) is 0 Å². The van der Waals surface area contributed by atoms with Crippen LogP contribution in [0.25, 0.3) is 0 Å². The molecule has 21 heavy (non-hydrogen) atoms. The highest BCUT2D eigenvalue weighted by Crippen LogP contribution is 2.25. The number of rotatable bonds is 1. The molecule has 1 fully saturated rings. The van der Waals surface area contributed by atoms with Crippen molar-refractivity contribution in [3.05, 3.63) is 23.4 Å². The van der Waals surface area contributed by atoms with Crippen LogP contribution in [0.5, 0.6) is 0 Å². The fraction of sp³-hybridized carbons (Fsp3) is 0.722. The molecule has 3 rings (SSSR count). The molecule has 1 atom stereocenters. The van der Waals surface area contributed by atoms with Crippen molar-refractivity contribution < 1.29 is 0 Å². The van der Waals surface area contributed by atoms with Crippen LogP contribution in [0.15, 0.2) is 12.1 Å². The van der Waals surface area contributed by atoms with Crippen LogP contribution in [0.3, 0.4) is 0 Å². The minimum atomic E-state index is 0.532. The largest absolute Gasteiger partial charge is 0.357 e. The van der Waals surface area contributed by atoms with E-state index in [4.69, 9.17) is 4.98 Å². The molecule has 1 aromatic heterocycles. The van der Waals surface area contributed by atoms with E-state index in [2.05, 4.69) is 29.3 Å². The summed E-state index contributed by atoms with van der Waals surface area (Å²) >= 11 is 0. The summed E-state index contributed by atoms with van der Waals surface area (Å²) in [5.41, 5.74) is 2.77. The summed E-state index contributed by atoms with van der Waals surface area (Å²) < 4.78 is 0. The average molecular weight is 289 g/mol. The van der Waals surface area contributed by atoms with Crippen LogP contribution in [-0.2, 0) is 6.42 Å². The second-order valence-electron chi connectivity index (χ2n) is 5.97. The summed E-state index contributed by atoms with van der Waals surface area (Å²) in [6.07, 6.45) is 6.50. The number of fused-ring (bicyclic) bond motifs is 1. The van der Waals surface area contributed by atoms with Crippen LogP contribution in [0.4, 0.5) is 5.82 Å². The second-order valence-corrected chi connectivity index (χ2v) is 5.97. The quantitative estimate of drug-likeness (QED) is 0.853. The van der Waals surface area contributed by atoms with E-state index < -0.39 is 0 Å². The summed E-state index contributed by atoms with van der Waals surface area (Å²) in [4.78, 5) is 7.49. The molecule has 0 bridgehead atoms. The SMILES string of the molecule is CC.CC1CNCCc2ccc(N3CCCCCC3)nc21. The summed E-state index contributed by atoms with van der Waals surface area (Å²) in [6.45, 7) is 10.8. The van der Waals surface area contributed by atoms with E-state index in [0.717, 1.165) is 19.5 Å². The maximum absolute atomic E-state index is 5.01. The first-order valence-corrected chi connectivity index (χ1v) is 8.80. The lowest BCUT2D eigenvalue weighted by Crippen LogP contribution is -2.25. The number of aromatic nitrogens is 1. The molecule has 0 radical (unpaired) electrons. The standard InChI is InChI=1S/C16H25N3.C2H6/c1-13-12-17-9-8-14-6-7-15(18-16(13)14)19-10-4-2-3-5-11-19;1-2/h6-7,13,17H,2-5,8-12H2,1H3;1-2H3. The van der Waals surface area contributed by atoms with Crippen molar-refractivity contribution in [3.8, 4) is 0 Å². The topological polar surface area (TPSA) is 28.2 Å². The highest BCUT2D eigenvalue weighted by Gasteiger charge is 2.18. The van der Waals surface area contributed by atoms with E-state index in [9.17, 15) is 0 Å². The monoisotopic (exact) mass is 289 g/mol. The Kier molecular flexibility index (Phi) is 6.50. The maximum atomic E-state index is 5.01. The highest BCUT2D eigenvalue weighted by molar-refractivity contribution is 5.43. The second kappa shape index (κ2) is 8.38. The molecule has 2 aliphatic rings. The van der Waals surface area contributed by atoms with Crippen molar-refractivity contribution in [3.63, 3.8) is 0 Å². The molecule has 0 spiro atoms. The zero-order valence-corrected chi connectivity index (χ0v) is 14.0. The van der Waals surface area contributed by atoms with Gasteiger partial charge in [-0.05, 0) is 37.4 Å². The van der Waals surface area contributed by atoms with Gasteiger partial charge in [-0.1, -0.05) is 39.7 Å². The van der Waals surface area contributed by atoms with Crippen molar-refractivity contribution in [2.45, 2.75) is 58.8 Å². The van der Waals surface area contributed by atoms with Gasteiger partial charge in [-0.2, -0.15) is 0 Å². The molecule has 0 amide bonds. The van der Waals surface area contributed by atoms with Gasteiger partial charge in [-0.15, -0.1) is 0 Å². The Morgan fingerprint density at radius 3 is 2.52 bits per heavy atom. The third-order valence-electron chi connectivity index (χ3n) is 4.42. The Balaban J connectivity index is 0.000000774. The first-order chi connectivity index (χ1) is 10.3. The Morgan fingerprint density at radius 1 is 1.10 bits per heavy atom. The van der Waals surface area contributed by atoms with Crippen LogP contribution in [0.1, 0.15) is 63.6 Å². The summed E-state index contributed by atoms with van der Waals surface area (Å²) in [7, 11) is 0. The normalized spacial score (nSPS) is 22.4. The third kappa shape index (κ3) is 4.19. The van der Waals surface area contributed by atoms with Gasteiger partial charge in [0.2, 0.25) is 0 Å². The molecule has 1 saturated heterocycles. The van der Waals surface area contributed by atoms with Gasteiger partial charge < -0.3 is 10.2 Å². The van der Waals surface area contributed by atoms with Gasteiger partial charge in [-0.3, -0.25) is 0 Å². The number of hydrogen-bond donors (Lipinski definition) is 1. The summed E-state index contributed by atoms with van der Waals surface area (Å²) in [5.74, 6) is 1.74. The molecule has 1 aromatic rings.